The zero-order chi connectivity index (χ0) is 12.6. The van der Waals surface area contributed by atoms with Gasteiger partial charge in [-0.3, -0.25) is 0 Å². The maximum absolute atomic E-state index is 3.60. The maximum atomic E-state index is 3.60. The van der Waals surface area contributed by atoms with Gasteiger partial charge in [0.15, 0.2) is 0 Å². The molecule has 0 rings (SSSR count). The van der Waals surface area contributed by atoms with Gasteiger partial charge in [-0.25, -0.2) is 0 Å². The average Bonchev–Trinajstić information content (AvgIpc) is 2.16. The first-order valence-electron chi connectivity index (χ1n) is 6.93. The van der Waals surface area contributed by atoms with Crippen molar-refractivity contribution >= 4 is 0 Å². The second-order valence-electron chi connectivity index (χ2n) is 5.60. The van der Waals surface area contributed by atoms with Crippen LogP contribution < -0.4 is 10.6 Å². The van der Waals surface area contributed by atoms with Gasteiger partial charge in [0.2, 0.25) is 0 Å². The smallest absolute Gasteiger partial charge is 0.00506 e. The molecule has 0 aliphatic rings. The lowest BCUT2D eigenvalue weighted by Crippen LogP contribution is -2.34. The minimum atomic E-state index is 0.633. The van der Waals surface area contributed by atoms with Crippen molar-refractivity contribution in [2.24, 2.45) is 17.8 Å². The molecule has 0 heterocycles. The summed E-state index contributed by atoms with van der Waals surface area (Å²) in [6.07, 6.45) is 1.22. The van der Waals surface area contributed by atoms with E-state index < -0.39 is 0 Å². The third-order valence-corrected chi connectivity index (χ3v) is 3.40. The van der Waals surface area contributed by atoms with Crippen LogP contribution in [0.3, 0.4) is 0 Å². The maximum Gasteiger partial charge on any atom is 0.00506 e. The summed E-state index contributed by atoms with van der Waals surface area (Å²) in [5.74, 6) is 2.35. The first-order valence-corrected chi connectivity index (χ1v) is 6.93. The van der Waals surface area contributed by atoms with Crippen molar-refractivity contribution in [1.82, 2.24) is 10.6 Å². The second-order valence-corrected chi connectivity index (χ2v) is 5.60. The van der Waals surface area contributed by atoms with Crippen LogP contribution in [0.4, 0.5) is 0 Å². The van der Waals surface area contributed by atoms with Crippen LogP contribution in [0.2, 0.25) is 0 Å². The third-order valence-electron chi connectivity index (χ3n) is 3.40. The van der Waals surface area contributed by atoms with Crippen molar-refractivity contribution in [3.8, 4) is 0 Å². The Morgan fingerprint density at radius 2 is 1.50 bits per heavy atom. The molecular formula is C14H32N2. The Hall–Kier alpha value is -0.0800. The Labute approximate surface area is 103 Å². The molecule has 0 saturated heterocycles. The molecule has 0 aliphatic carbocycles. The Morgan fingerprint density at radius 3 is 1.94 bits per heavy atom. The van der Waals surface area contributed by atoms with E-state index in [1.54, 1.807) is 0 Å². The van der Waals surface area contributed by atoms with E-state index in [1.807, 2.05) is 0 Å². The van der Waals surface area contributed by atoms with Gasteiger partial charge < -0.3 is 10.6 Å². The number of hydrogen-bond acceptors (Lipinski definition) is 2. The van der Waals surface area contributed by atoms with Gasteiger partial charge in [0.25, 0.3) is 0 Å². The summed E-state index contributed by atoms with van der Waals surface area (Å²) in [4.78, 5) is 0. The van der Waals surface area contributed by atoms with E-state index in [0.29, 0.717) is 6.04 Å². The molecule has 0 aromatic carbocycles. The first-order chi connectivity index (χ1) is 7.49. The highest BCUT2D eigenvalue weighted by atomic mass is 14.9. The topological polar surface area (TPSA) is 24.1 Å². The van der Waals surface area contributed by atoms with Crippen LogP contribution in [-0.4, -0.2) is 25.7 Å². The normalized spacial score (nSPS) is 14.1. The van der Waals surface area contributed by atoms with Gasteiger partial charge in [-0.05, 0) is 50.7 Å². The van der Waals surface area contributed by atoms with Crippen molar-refractivity contribution in [2.75, 3.05) is 19.6 Å². The molecule has 0 amide bonds. The van der Waals surface area contributed by atoms with Crippen molar-refractivity contribution < 1.29 is 0 Å². The van der Waals surface area contributed by atoms with E-state index in [-0.39, 0.29) is 0 Å². The van der Waals surface area contributed by atoms with Crippen molar-refractivity contribution in [1.29, 1.82) is 0 Å². The van der Waals surface area contributed by atoms with Crippen LogP contribution in [0.1, 0.15) is 48.0 Å². The molecule has 2 nitrogen and oxygen atoms in total. The number of nitrogens with one attached hydrogen (secondary N) is 2. The molecule has 0 aliphatic heterocycles. The largest absolute Gasteiger partial charge is 0.316 e. The van der Waals surface area contributed by atoms with Crippen LogP contribution in [0, 0.1) is 17.8 Å². The minimum Gasteiger partial charge on any atom is -0.316 e. The summed E-state index contributed by atoms with van der Waals surface area (Å²) >= 11 is 0. The summed E-state index contributed by atoms with van der Waals surface area (Å²) in [5.41, 5.74) is 0. The lowest BCUT2D eigenvalue weighted by molar-refractivity contribution is 0.274. The lowest BCUT2D eigenvalue weighted by atomic mass is 9.85. The zero-order valence-electron chi connectivity index (χ0n) is 12.1. The molecule has 2 N–H and O–H groups in total. The predicted molar refractivity (Wildman–Crippen MR) is 73.8 cm³/mol. The molecule has 1 unspecified atom stereocenters. The van der Waals surface area contributed by atoms with Gasteiger partial charge in [0.05, 0.1) is 0 Å². The van der Waals surface area contributed by atoms with Crippen LogP contribution in [0.5, 0.6) is 0 Å². The fourth-order valence-corrected chi connectivity index (χ4v) is 2.28. The fourth-order valence-electron chi connectivity index (χ4n) is 2.28. The Balaban J connectivity index is 3.62. The summed E-state index contributed by atoms with van der Waals surface area (Å²) in [6.45, 7) is 17.1. The van der Waals surface area contributed by atoms with E-state index in [9.17, 15) is 0 Å². The van der Waals surface area contributed by atoms with Crippen molar-refractivity contribution in [3.63, 3.8) is 0 Å². The van der Waals surface area contributed by atoms with E-state index in [0.717, 1.165) is 37.4 Å². The SMILES string of the molecule is CCNC(C)CCNCC(C(C)C)C(C)C. The molecule has 98 valence electrons. The van der Waals surface area contributed by atoms with Gasteiger partial charge in [-0.1, -0.05) is 34.6 Å². The second kappa shape index (κ2) is 9.00. The summed E-state index contributed by atoms with van der Waals surface area (Å²) < 4.78 is 0. The highest BCUT2D eigenvalue weighted by Gasteiger charge is 2.16. The van der Waals surface area contributed by atoms with Gasteiger partial charge in [0, 0.05) is 6.04 Å². The molecular weight excluding hydrogens is 196 g/mol. The van der Waals surface area contributed by atoms with Gasteiger partial charge in [-0.2, -0.15) is 0 Å². The molecule has 1 atom stereocenters. The van der Waals surface area contributed by atoms with E-state index in [4.69, 9.17) is 0 Å². The minimum absolute atomic E-state index is 0.633. The molecule has 0 saturated carbocycles. The highest BCUT2D eigenvalue weighted by molar-refractivity contribution is 4.70. The number of hydrogen-bond donors (Lipinski definition) is 2. The standard InChI is InChI=1S/C14H32N2/c1-7-16-13(6)8-9-15-10-14(11(2)3)12(4)5/h11-16H,7-10H2,1-6H3. The number of rotatable bonds is 9. The van der Waals surface area contributed by atoms with Crippen molar-refractivity contribution in [3.05, 3.63) is 0 Å². The molecule has 0 spiro atoms. The Bertz CT molecular complexity index is 147. The van der Waals surface area contributed by atoms with Gasteiger partial charge in [0.1, 0.15) is 0 Å². The first kappa shape index (κ1) is 15.9. The van der Waals surface area contributed by atoms with Crippen LogP contribution in [-0.2, 0) is 0 Å². The summed E-state index contributed by atoms with van der Waals surface area (Å²) in [7, 11) is 0. The van der Waals surface area contributed by atoms with Crippen LogP contribution >= 0.6 is 0 Å². The molecule has 2 heteroatoms. The molecule has 0 fully saturated rings. The lowest BCUT2D eigenvalue weighted by Gasteiger charge is -2.25. The third kappa shape index (κ3) is 7.24. The summed E-state index contributed by atoms with van der Waals surface area (Å²) in [6, 6.07) is 0.633. The average molecular weight is 228 g/mol. The molecule has 16 heavy (non-hydrogen) atoms. The zero-order valence-corrected chi connectivity index (χ0v) is 12.1. The molecule has 0 aromatic rings. The Morgan fingerprint density at radius 1 is 0.938 bits per heavy atom. The van der Waals surface area contributed by atoms with Crippen molar-refractivity contribution in [2.45, 2.75) is 54.0 Å². The van der Waals surface area contributed by atoms with E-state index >= 15 is 0 Å². The van der Waals surface area contributed by atoms with E-state index in [1.165, 1.54) is 6.42 Å². The van der Waals surface area contributed by atoms with E-state index in [2.05, 4.69) is 52.2 Å². The predicted octanol–water partition coefficient (Wildman–Crippen LogP) is 2.89. The Kier molecular flexibility index (Phi) is 8.96. The van der Waals surface area contributed by atoms with Gasteiger partial charge >= 0.3 is 0 Å². The van der Waals surface area contributed by atoms with Crippen LogP contribution in [0.25, 0.3) is 0 Å². The molecule has 0 radical (unpaired) electrons. The quantitative estimate of drug-likeness (QED) is 0.593. The van der Waals surface area contributed by atoms with Crippen LogP contribution in [0.15, 0.2) is 0 Å². The monoisotopic (exact) mass is 228 g/mol. The fraction of sp³-hybridized carbons (Fsp3) is 1.00. The highest BCUT2D eigenvalue weighted by Crippen LogP contribution is 2.19. The summed E-state index contributed by atoms with van der Waals surface area (Å²) in [5, 5.41) is 7.04. The molecule has 0 aromatic heterocycles. The van der Waals surface area contributed by atoms with Gasteiger partial charge in [-0.15, -0.1) is 0 Å². The molecule has 0 bridgehead atoms.